The minimum Gasteiger partial charge on any atom is -0.493 e. The van der Waals surface area contributed by atoms with Crippen LogP contribution in [0.5, 0.6) is 11.5 Å². The number of aldehydes is 1. The van der Waals surface area contributed by atoms with Gasteiger partial charge in [-0.25, -0.2) is 0 Å². The lowest BCUT2D eigenvalue weighted by atomic mass is 9.86. The van der Waals surface area contributed by atoms with Crippen LogP contribution in [-0.2, 0) is 14.3 Å². The van der Waals surface area contributed by atoms with Crippen molar-refractivity contribution in [2.24, 2.45) is 5.92 Å². The Bertz CT molecular complexity index is 1050. The quantitative estimate of drug-likeness (QED) is 0.260. The van der Waals surface area contributed by atoms with E-state index in [1.54, 1.807) is 23.1 Å². The molecule has 1 aromatic carbocycles. The molecule has 1 aliphatic heterocycles. The maximum Gasteiger partial charge on any atom is 0.247 e. The van der Waals surface area contributed by atoms with Crippen LogP contribution in [0.4, 0.5) is 0 Å². The smallest absolute Gasteiger partial charge is 0.247 e. The number of aliphatic hydroxyl groups is 2. The van der Waals surface area contributed by atoms with Gasteiger partial charge in [-0.1, -0.05) is 12.8 Å². The fraction of sp³-hybridized carbons (Fsp3) is 0.593. The molecule has 3 aliphatic rings. The number of carbonyl (C=O) groups is 3. The van der Waals surface area contributed by atoms with Crippen molar-refractivity contribution in [1.29, 1.82) is 0 Å². The van der Waals surface area contributed by atoms with E-state index < -0.39 is 18.2 Å². The third-order valence-electron chi connectivity index (χ3n) is 7.46. The first-order valence-electron chi connectivity index (χ1n) is 13.0. The lowest BCUT2D eigenvalue weighted by molar-refractivity contribution is -0.146. The van der Waals surface area contributed by atoms with Crippen LogP contribution in [0.25, 0.3) is 0 Å². The van der Waals surface area contributed by atoms with E-state index in [0.29, 0.717) is 52.1 Å². The first-order chi connectivity index (χ1) is 18.4. The molecular formula is C27H35IN2O8. The SMILES string of the molecule is COc1cc(C=O)cc(I)c1OC1C=C(C(=O)NCCO)CC(N(C(=O)C2CCOC2)C2CCCC2)C1O. The van der Waals surface area contributed by atoms with Gasteiger partial charge in [0, 0.05) is 36.8 Å². The van der Waals surface area contributed by atoms with Crippen molar-refractivity contribution in [3.05, 3.63) is 32.9 Å². The molecule has 1 saturated carbocycles. The molecule has 1 aromatic rings. The van der Waals surface area contributed by atoms with Crippen LogP contribution in [0.3, 0.4) is 0 Å². The molecule has 2 aliphatic carbocycles. The number of halogens is 1. The van der Waals surface area contributed by atoms with Crippen molar-refractivity contribution in [3.8, 4) is 11.5 Å². The molecule has 0 bridgehead atoms. The molecule has 2 amide bonds. The Kier molecular flexibility index (Phi) is 10.0. The molecular weight excluding hydrogens is 607 g/mol. The van der Waals surface area contributed by atoms with E-state index >= 15 is 0 Å². The number of benzene rings is 1. The Morgan fingerprint density at radius 2 is 2.03 bits per heavy atom. The lowest BCUT2D eigenvalue weighted by Gasteiger charge is -2.44. The standard InChI is InChI=1S/C27H35IN2O8/c1-36-23-11-16(14-32)10-20(28)25(23)38-22-13-18(26(34)29-7-8-31)12-21(24(22)33)30(19-4-2-3-5-19)27(35)17-6-9-37-15-17/h10-11,13-14,17,19,21-22,24,31,33H,2-9,12,15H2,1H3,(H,29,34). The summed E-state index contributed by atoms with van der Waals surface area (Å²) in [5.41, 5.74) is 0.785. The molecule has 1 saturated heterocycles. The lowest BCUT2D eigenvalue weighted by Crippen LogP contribution is -2.58. The van der Waals surface area contributed by atoms with Gasteiger partial charge in [0.25, 0.3) is 0 Å². The third-order valence-corrected chi connectivity index (χ3v) is 8.27. The number of carbonyl (C=O) groups excluding carboxylic acids is 3. The molecule has 3 N–H and O–H groups in total. The van der Waals surface area contributed by atoms with Gasteiger partial charge in [-0.2, -0.15) is 0 Å². The Balaban J connectivity index is 1.71. The van der Waals surface area contributed by atoms with E-state index in [4.69, 9.17) is 14.2 Å². The van der Waals surface area contributed by atoms with Crippen molar-refractivity contribution >= 4 is 40.7 Å². The number of nitrogens with zero attached hydrogens (tertiary/aromatic N) is 1. The summed E-state index contributed by atoms with van der Waals surface area (Å²) in [6.45, 7) is 0.747. The fourth-order valence-electron chi connectivity index (χ4n) is 5.54. The average Bonchev–Trinajstić information content (AvgIpc) is 3.65. The molecule has 0 spiro atoms. The van der Waals surface area contributed by atoms with E-state index in [9.17, 15) is 24.6 Å². The summed E-state index contributed by atoms with van der Waals surface area (Å²) in [5, 5.41) is 23.6. The van der Waals surface area contributed by atoms with E-state index in [2.05, 4.69) is 5.32 Å². The minimum atomic E-state index is -1.12. The maximum atomic E-state index is 13.8. The summed E-state index contributed by atoms with van der Waals surface area (Å²) in [5.74, 6) is -0.0727. The molecule has 0 radical (unpaired) electrons. The molecule has 4 rings (SSSR count). The summed E-state index contributed by atoms with van der Waals surface area (Å²) in [4.78, 5) is 40.0. The van der Waals surface area contributed by atoms with E-state index in [0.717, 1.165) is 25.7 Å². The topological polar surface area (TPSA) is 135 Å². The van der Waals surface area contributed by atoms with Crippen LogP contribution in [-0.4, -0.2) is 91.0 Å². The van der Waals surface area contributed by atoms with Crippen molar-refractivity contribution in [3.63, 3.8) is 0 Å². The predicted octanol–water partition coefficient (Wildman–Crippen LogP) is 1.84. The van der Waals surface area contributed by atoms with Gasteiger partial charge in [0.05, 0.1) is 35.9 Å². The molecule has 4 unspecified atom stereocenters. The first kappa shape index (κ1) is 28.8. The first-order valence-corrected chi connectivity index (χ1v) is 14.1. The molecule has 10 nitrogen and oxygen atoms in total. The normalized spacial score (nSPS) is 25.5. The fourth-order valence-corrected chi connectivity index (χ4v) is 6.30. The number of nitrogens with one attached hydrogen (secondary N) is 1. The second-order valence-electron chi connectivity index (χ2n) is 9.91. The Hall–Kier alpha value is -2.22. The molecule has 4 atom stereocenters. The molecule has 2 fully saturated rings. The molecule has 1 heterocycles. The zero-order chi connectivity index (χ0) is 27.2. The average molecular weight is 642 g/mol. The van der Waals surface area contributed by atoms with E-state index in [1.165, 1.54) is 7.11 Å². The van der Waals surface area contributed by atoms with Crippen LogP contribution in [0, 0.1) is 9.49 Å². The van der Waals surface area contributed by atoms with Gasteiger partial charge in [0.15, 0.2) is 11.5 Å². The summed E-state index contributed by atoms with van der Waals surface area (Å²) in [6, 6.07) is 2.47. The number of hydrogen-bond acceptors (Lipinski definition) is 8. The number of hydrogen-bond donors (Lipinski definition) is 3. The zero-order valence-electron chi connectivity index (χ0n) is 21.4. The third kappa shape index (κ3) is 6.32. The molecule has 11 heteroatoms. The summed E-state index contributed by atoms with van der Waals surface area (Å²) < 4.78 is 17.8. The number of rotatable bonds is 10. The zero-order valence-corrected chi connectivity index (χ0v) is 23.6. The summed E-state index contributed by atoms with van der Waals surface area (Å²) >= 11 is 2.03. The van der Waals surface area contributed by atoms with Gasteiger partial charge in [-0.3, -0.25) is 14.4 Å². The molecule has 0 aromatic heterocycles. The van der Waals surface area contributed by atoms with Crippen LogP contribution >= 0.6 is 22.6 Å². The number of methoxy groups -OCH3 is 1. The van der Waals surface area contributed by atoms with Gasteiger partial charge < -0.3 is 34.6 Å². The van der Waals surface area contributed by atoms with Gasteiger partial charge in [-0.05, 0) is 60.1 Å². The van der Waals surface area contributed by atoms with E-state index in [-0.39, 0.29) is 43.3 Å². The van der Waals surface area contributed by atoms with Crippen LogP contribution in [0.1, 0.15) is 48.9 Å². The second kappa shape index (κ2) is 13.2. The maximum absolute atomic E-state index is 13.8. The second-order valence-corrected chi connectivity index (χ2v) is 11.1. The highest BCUT2D eigenvalue weighted by Crippen LogP contribution is 2.38. The van der Waals surface area contributed by atoms with Crippen molar-refractivity contribution < 1.29 is 38.8 Å². The van der Waals surface area contributed by atoms with E-state index in [1.807, 2.05) is 22.6 Å². The van der Waals surface area contributed by atoms with Gasteiger partial charge in [0.1, 0.15) is 18.5 Å². The number of amides is 2. The largest absolute Gasteiger partial charge is 0.493 e. The van der Waals surface area contributed by atoms with Crippen molar-refractivity contribution in [2.75, 3.05) is 33.5 Å². The highest BCUT2D eigenvalue weighted by atomic mass is 127. The molecule has 208 valence electrons. The number of ether oxygens (including phenoxy) is 3. The van der Waals surface area contributed by atoms with Crippen molar-refractivity contribution in [1.82, 2.24) is 10.2 Å². The Morgan fingerprint density at radius 3 is 2.66 bits per heavy atom. The van der Waals surface area contributed by atoms with Gasteiger partial charge in [0.2, 0.25) is 11.8 Å². The number of aliphatic hydroxyl groups excluding tert-OH is 2. The minimum absolute atomic E-state index is 0.0372. The highest BCUT2D eigenvalue weighted by molar-refractivity contribution is 14.1. The summed E-state index contributed by atoms with van der Waals surface area (Å²) in [7, 11) is 1.46. The highest BCUT2D eigenvalue weighted by Gasteiger charge is 2.45. The molecule has 38 heavy (non-hydrogen) atoms. The van der Waals surface area contributed by atoms with Gasteiger partial charge >= 0.3 is 0 Å². The summed E-state index contributed by atoms with van der Waals surface area (Å²) in [6.07, 6.45) is 4.65. The predicted molar refractivity (Wildman–Crippen MR) is 146 cm³/mol. The monoisotopic (exact) mass is 642 g/mol. The van der Waals surface area contributed by atoms with Crippen LogP contribution in [0.15, 0.2) is 23.8 Å². The Morgan fingerprint density at radius 1 is 1.26 bits per heavy atom. The van der Waals surface area contributed by atoms with Crippen molar-refractivity contribution in [2.45, 2.75) is 62.8 Å². The van der Waals surface area contributed by atoms with Crippen LogP contribution < -0.4 is 14.8 Å². The van der Waals surface area contributed by atoms with Gasteiger partial charge in [-0.15, -0.1) is 0 Å². The van der Waals surface area contributed by atoms with Crippen LogP contribution in [0.2, 0.25) is 0 Å². The Labute approximate surface area is 235 Å².